The van der Waals surface area contributed by atoms with Crippen molar-refractivity contribution in [2.24, 2.45) is 0 Å². The molecule has 0 heterocycles. The van der Waals surface area contributed by atoms with Crippen LogP contribution in [0.15, 0.2) is 36.4 Å². The van der Waals surface area contributed by atoms with Crippen molar-refractivity contribution in [3.63, 3.8) is 0 Å². The highest BCUT2D eigenvalue weighted by Crippen LogP contribution is 2.22. The summed E-state index contributed by atoms with van der Waals surface area (Å²) in [5, 5.41) is 20.9. The van der Waals surface area contributed by atoms with E-state index < -0.39 is 11.9 Å². The third kappa shape index (κ3) is 4.23. The van der Waals surface area contributed by atoms with Crippen LogP contribution in [0.2, 0.25) is 0 Å². The van der Waals surface area contributed by atoms with E-state index in [2.05, 4.69) is 5.32 Å². The first-order valence-electron chi connectivity index (χ1n) is 6.93. The number of aromatic hydroxyl groups is 1. The van der Waals surface area contributed by atoms with Gasteiger partial charge in [-0.05, 0) is 43.7 Å². The van der Waals surface area contributed by atoms with Crippen LogP contribution in [0.3, 0.4) is 0 Å². The Balaban J connectivity index is 2.00. The third-order valence-electron chi connectivity index (χ3n) is 3.20. The minimum absolute atomic E-state index is 0.201. The fourth-order valence-electron chi connectivity index (χ4n) is 2.09. The molecule has 2 rings (SSSR count). The van der Waals surface area contributed by atoms with Gasteiger partial charge in [-0.1, -0.05) is 17.7 Å². The van der Waals surface area contributed by atoms with Gasteiger partial charge in [-0.2, -0.15) is 0 Å². The zero-order valence-electron chi connectivity index (χ0n) is 12.8. The maximum absolute atomic E-state index is 11.9. The summed E-state index contributed by atoms with van der Waals surface area (Å²) in [6.45, 7) is 3.65. The van der Waals surface area contributed by atoms with Crippen molar-refractivity contribution in [3.05, 3.63) is 53.1 Å². The fourth-order valence-corrected chi connectivity index (χ4v) is 2.09. The molecule has 0 bridgehead atoms. The van der Waals surface area contributed by atoms with Gasteiger partial charge in [0.25, 0.3) is 5.91 Å². The van der Waals surface area contributed by atoms with Crippen LogP contribution in [-0.4, -0.2) is 28.7 Å². The summed E-state index contributed by atoms with van der Waals surface area (Å²) in [6.07, 6.45) is 0. The van der Waals surface area contributed by atoms with Gasteiger partial charge < -0.3 is 20.3 Å². The molecule has 0 saturated carbocycles. The molecule has 0 aliphatic rings. The number of aromatic carboxylic acids is 1. The first-order chi connectivity index (χ1) is 10.9. The second-order valence-corrected chi connectivity index (χ2v) is 5.14. The van der Waals surface area contributed by atoms with Gasteiger partial charge in [0.05, 0.1) is 0 Å². The van der Waals surface area contributed by atoms with Crippen molar-refractivity contribution in [2.45, 2.75) is 13.8 Å². The highest BCUT2D eigenvalue weighted by atomic mass is 16.5. The summed E-state index contributed by atoms with van der Waals surface area (Å²) in [7, 11) is 0. The van der Waals surface area contributed by atoms with E-state index in [0.717, 1.165) is 11.1 Å². The Labute approximate surface area is 133 Å². The second-order valence-electron chi connectivity index (χ2n) is 5.14. The molecule has 23 heavy (non-hydrogen) atoms. The number of phenols is 1. The highest BCUT2D eigenvalue weighted by molar-refractivity contribution is 5.96. The Bertz CT molecular complexity index is 755. The molecule has 1 amide bonds. The van der Waals surface area contributed by atoms with Crippen LogP contribution in [0.25, 0.3) is 0 Å². The van der Waals surface area contributed by atoms with Gasteiger partial charge in [0.1, 0.15) is 17.1 Å². The minimum Gasteiger partial charge on any atom is -0.507 e. The lowest BCUT2D eigenvalue weighted by atomic mass is 10.1. The van der Waals surface area contributed by atoms with Gasteiger partial charge >= 0.3 is 5.97 Å². The van der Waals surface area contributed by atoms with Crippen molar-refractivity contribution in [2.75, 3.05) is 11.9 Å². The van der Waals surface area contributed by atoms with E-state index in [0.29, 0.717) is 5.75 Å². The fraction of sp³-hybridized carbons (Fsp3) is 0.176. The van der Waals surface area contributed by atoms with Crippen molar-refractivity contribution >= 4 is 17.6 Å². The molecule has 6 nitrogen and oxygen atoms in total. The molecular weight excluding hydrogens is 298 g/mol. The van der Waals surface area contributed by atoms with Crippen LogP contribution >= 0.6 is 0 Å². The predicted molar refractivity (Wildman–Crippen MR) is 85.1 cm³/mol. The van der Waals surface area contributed by atoms with E-state index in [1.807, 2.05) is 26.0 Å². The van der Waals surface area contributed by atoms with E-state index in [-0.39, 0.29) is 23.6 Å². The molecule has 0 fully saturated rings. The SMILES string of the molecule is Cc1ccc(OCC(=O)Nc2ccc(O)c(C(=O)O)c2)c(C)c1. The summed E-state index contributed by atoms with van der Waals surface area (Å²) in [5.41, 5.74) is 2.02. The second kappa shape index (κ2) is 6.83. The minimum atomic E-state index is -1.27. The molecule has 120 valence electrons. The number of ether oxygens (including phenoxy) is 1. The highest BCUT2D eigenvalue weighted by Gasteiger charge is 2.12. The number of benzene rings is 2. The van der Waals surface area contributed by atoms with E-state index in [4.69, 9.17) is 9.84 Å². The molecule has 0 saturated heterocycles. The molecule has 0 aliphatic heterocycles. The van der Waals surface area contributed by atoms with Gasteiger partial charge in [-0.3, -0.25) is 4.79 Å². The van der Waals surface area contributed by atoms with Gasteiger partial charge in [-0.25, -0.2) is 4.79 Å². The number of carbonyl (C=O) groups excluding carboxylic acids is 1. The number of hydrogen-bond acceptors (Lipinski definition) is 4. The Kier molecular flexibility index (Phi) is 4.85. The standard InChI is InChI=1S/C17H17NO5/c1-10-3-6-15(11(2)7-10)23-9-16(20)18-12-4-5-14(19)13(8-12)17(21)22/h3-8,19H,9H2,1-2H3,(H,18,20)(H,21,22). The average Bonchev–Trinajstić information content (AvgIpc) is 2.48. The zero-order valence-corrected chi connectivity index (χ0v) is 12.8. The van der Waals surface area contributed by atoms with Crippen molar-refractivity contribution in [3.8, 4) is 11.5 Å². The van der Waals surface area contributed by atoms with E-state index in [9.17, 15) is 14.7 Å². The number of amides is 1. The molecule has 0 unspecified atom stereocenters. The number of aryl methyl sites for hydroxylation is 2. The Morgan fingerprint density at radius 3 is 2.52 bits per heavy atom. The van der Waals surface area contributed by atoms with E-state index in [1.54, 1.807) is 6.07 Å². The van der Waals surface area contributed by atoms with Gasteiger partial charge in [0.15, 0.2) is 6.61 Å². The van der Waals surface area contributed by atoms with Crippen molar-refractivity contribution in [1.29, 1.82) is 0 Å². The zero-order chi connectivity index (χ0) is 17.0. The topological polar surface area (TPSA) is 95.9 Å². The normalized spacial score (nSPS) is 10.2. The number of carboxylic acid groups (broad SMARTS) is 1. The molecule has 0 aliphatic carbocycles. The van der Waals surface area contributed by atoms with Gasteiger partial charge in [0, 0.05) is 5.69 Å². The lowest BCUT2D eigenvalue weighted by Gasteiger charge is -2.10. The molecular formula is C17H17NO5. The molecule has 6 heteroatoms. The summed E-state index contributed by atoms with van der Waals surface area (Å²) < 4.78 is 5.45. The summed E-state index contributed by atoms with van der Waals surface area (Å²) in [4.78, 5) is 22.8. The number of nitrogens with one attached hydrogen (secondary N) is 1. The third-order valence-corrected chi connectivity index (χ3v) is 3.20. The Morgan fingerprint density at radius 2 is 1.87 bits per heavy atom. The van der Waals surface area contributed by atoms with Crippen molar-refractivity contribution in [1.82, 2.24) is 0 Å². The number of carboxylic acids is 1. The van der Waals surface area contributed by atoms with Crippen LogP contribution < -0.4 is 10.1 Å². The Morgan fingerprint density at radius 1 is 1.13 bits per heavy atom. The monoisotopic (exact) mass is 315 g/mol. The van der Waals surface area contributed by atoms with E-state index in [1.165, 1.54) is 18.2 Å². The quantitative estimate of drug-likeness (QED) is 0.737. The molecule has 0 spiro atoms. The molecule has 2 aromatic rings. The lowest BCUT2D eigenvalue weighted by molar-refractivity contribution is -0.118. The maximum atomic E-state index is 11.9. The lowest BCUT2D eigenvalue weighted by Crippen LogP contribution is -2.20. The van der Waals surface area contributed by atoms with Crippen LogP contribution in [0.5, 0.6) is 11.5 Å². The number of rotatable bonds is 5. The van der Waals surface area contributed by atoms with Gasteiger partial charge in [-0.15, -0.1) is 0 Å². The van der Waals surface area contributed by atoms with E-state index >= 15 is 0 Å². The summed E-state index contributed by atoms with van der Waals surface area (Å²) in [6, 6.07) is 9.44. The van der Waals surface area contributed by atoms with Crippen LogP contribution in [-0.2, 0) is 4.79 Å². The van der Waals surface area contributed by atoms with Crippen molar-refractivity contribution < 1.29 is 24.5 Å². The molecule has 2 aromatic carbocycles. The summed E-state index contributed by atoms with van der Waals surface area (Å²) >= 11 is 0. The maximum Gasteiger partial charge on any atom is 0.339 e. The number of carbonyl (C=O) groups is 2. The molecule has 0 radical (unpaired) electrons. The van der Waals surface area contributed by atoms with Gasteiger partial charge in [0.2, 0.25) is 0 Å². The van der Waals surface area contributed by atoms with Crippen LogP contribution in [0.4, 0.5) is 5.69 Å². The molecule has 3 N–H and O–H groups in total. The largest absolute Gasteiger partial charge is 0.507 e. The Hall–Kier alpha value is -3.02. The molecule has 0 aromatic heterocycles. The van der Waals surface area contributed by atoms with Crippen LogP contribution in [0, 0.1) is 13.8 Å². The smallest absolute Gasteiger partial charge is 0.339 e. The summed E-state index contributed by atoms with van der Waals surface area (Å²) in [5.74, 6) is -1.44. The van der Waals surface area contributed by atoms with Crippen LogP contribution in [0.1, 0.15) is 21.5 Å². The number of hydrogen-bond donors (Lipinski definition) is 3. The first kappa shape index (κ1) is 16.4. The molecule has 0 atom stereocenters. The predicted octanol–water partition coefficient (Wildman–Crippen LogP) is 2.72. The number of anilines is 1. The first-order valence-corrected chi connectivity index (χ1v) is 6.93. The average molecular weight is 315 g/mol.